The molecule has 7 nitrogen and oxygen atoms in total. The first-order chi connectivity index (χ1) is 14.6. The molecule has 0 fully saturated rings. The van der Waals surface area contributed by atoms with Gasteiger partial charge in [0.2, 0.25) is 5.78 Å². The molecule has 8 heteroatoms. The molecule has 150 valence electrons. The molecular weight excluding hydrogens is 387 g/mol. The predicted octanol–water partition coefficient (Wildman–Crippen LogP) is 3.58. The van der Waals surface area contributed by atoms with E-state index in [-0.39, 0.29) is 11.7 Å². The maximum absolute atomic E-state index is 13.5. The molecule has 4 aromatic rings. The van der Waals surface area contributed by atoms with Gasteiger partial charge in [0.15, 0.2) is 11.5 Å². The number of para-hydroxylation sites is 1. The fourth-order valence-electron chi connectivity index (χ4n) is 3.48. The minimum atomic E-state index is -0.368. The van der Waals surface area contributed by atoms with E-state index in [0.29, 0.717) is 53.1 Å². The number of carbonyl (C=O) groups is 1. The van der Waals surface area contributed by atoms with Crippen molar-refractivity contribution in [3.05, 3.63) is 72.4 Å². The highest BCUT2D eigenvalue weighted by atomic mass is 19.1. The molecule has 2 aromatic carbocycles. The molecule has 1 aliphatic rings. The molecule has 3 heterocycles. The highest BCUT2D eigenvalue weighted by molar-refractivity contribution is 6.09. The lowest BCUT2D eigenvalue weighted by Crippen LogP contribution is -2.28. The quantitative estimate of drug-likeness (QED) is 0.522. The predicted molar refractivity (Wildman–Crippen MR) is 109 cm³/mol. The van der Waals surface area contributed by atoms with E-state index >= 15 is 0 Å². The smallest absolute Gasteiger partial charge is 0.277 e. The van der Waals surface area contributed by atoms with Gasteiger partial charge in [-0.1, -0.05) is 6.07 Å². The minimum absolute atomic E-state index is 0.313. The Kier molecular flexibility index (Phi) is 4.31. The van der Waals surface area contributed by atoms with Gasteiger partial charge < -0.3 is 14.4 Å². The topological polar surface area (TPSA) is 69.0 Å². The van der Waals surface area contributed by atoms with E-state index in [9.17, 15) is 9.18 Å². The lowest BCUT2D eigenvalue weighted by atomic mass is 10.1. The van der Waals surface area contributed by atoms with Crippen LogP contribution in [0.4, 0.5) is 10.1 Å². The second-order valence-electron chi connectivity index (χ2n) is 6.77. The van der Waals surface area contributed by atoms with Gasteiger partial charge in [-0.05, 0) is 42.5 Å². The normalized spacial score (nSPS) is 12.7. The maximum atomic E-state index is 13.5. The van der Waals surface area contributed by atoms with Crippen LogP contribution in [0, 0.1) is 5.82 Å². The van der Waals surface area contributed by atoms with Crippen LogP contribution in [0.3, 0.4) is 0 Å². The first-order valence-corrected chi connectivity index (χ1v) is 9.39. The summed E-state index contributed by atoms with van der Waals surface area (Å²) in [6.07, 6.45) is 3.35. The first-order valence-electron chi connectivity index (χ1n) is 9.39. The average molecular weight is 404 g/mol. The molecule has 0 unspecified atom stereocenters. The van der Waals surface area contributed by atoms with Gasteiger partial charge in [-0.25, -0.2) is 14.4 Å². The number of halogens is 1. The summed E-state index contributed by atoms with van der Waals surface area (Å²) < 4.78 is 26.5. The fourth-order valence-corrected chi connectivity index (χ4v) is 3.48. The molecule has 0 saturated heterocycles. The highest BCUT2D eigenvalue weighted by Gasteiger charge is 2.28. The highest BCUT2D eigenvalue weighted by Crippen LogP contribution is 2.41. The molecule has 0 atom stereocenters. The van der Waals surface area contributed by atoms with Crippen LogP contribution < -0.4 is 14.4 Å². The number of imidazole rings is 1. The van der Waals surface area contributed by atoms with E-state index in [0.717, 1.165) is 0 Å². The van der Waals surface area contributed by atoms with Crippen molar-refractivity contribution in [2.75, 3.05) is 25.2 Å². The fraction of sp³-hybridized carbons (Fsp3) is 0.136. The Labute approximate surface area is 171 Å². The Morgan fingerprint density at radius 2 is 1.90 bits per heavy atom. The Hall–Kier alpha value is -3.94. The third-order valence-electron chi connectivity index (χ3n) is 4.95. The number of benzene rings is 2. The summed E-state index contributed by atoms with van der Waals surface area (Å²) in [6, 6.07) is 12.9. The van der Waals surface area contributed by atoms with E-state index in [2.05, 4.69) is 9.97 Å². The molecule has 0 bridgehead atoms. The third kappa shape index (κ3) is 2.93. The van der Waals surface area contributed by atoms with E-state index in [1.807, 2.05) is 18.2 Å². The van der Waals surface area contributed by atoms with Crippen molar-refractivity contribution >= 4 is 17.4 Å². The number of nitrogens with zero attached hydrogens (tertiary/aromatic N) is 4. The summed E-state index contributed by atoms with van der Waals surface area (Å²) in [5.74, 6) is 0.858. The Balaban J connectivity index is 1.69. The Morgan fingerprint density at radius 3 is 2.73 bits per heavy atom. The summed E-state index contributed by atoms with van der Waals surface area (Å²) in [4.78, 5) is 23.9. The number of anilines is 1. The van der Waals surface area contributed by atoms with Gasteiger partial charge in [0.25, 0.3) is 5.91 Å². The van der Waals surface area contributed by atoms with Gasteiger partial charge in [-0.15, -0.1) is 0 Å². The number of ether oxygens (including phenoxy) is 2. The van der Waals surface area contributed by atoms with Crippen LogP contribution in [-0.2, 0) is 0 Å². The van der Waals surface area contributed by atoms with Crippen LogP contribution in [0.1, 0.15) is 10.5 Å². The van der Waals surface area contributed by atoms with Crippen molar-refractivity contribution in [1.82, 2.24) is 14.4 Å². The average Bonchev–Trinajstić information content (AvgIpc) is 3.17. The van der Waals surface area contributed by atoms with Gasteiger partial charge in [-0.2, -0.15) is 0 Å². The van der Waals surface area contributed by atoms with Gasteiger partial charge in [0.1, 0.15) is 30.4 Å². The third-order valence-corrected chi connectivity index (χ3v) is 4.95. The number of rotatable bonds is 3. The van der Waals surface area contributed by atoms with Crippen molar-refractivity contribution in [3.8, 4) is 22.8 Å². The standard InChI is InChI=1S/C22H17FN4O3/c1-26(15-8-6-14(23)7-9-15)21(28)19-18(25-22-24-10-3-11-27(19)22)16-4-2-5-17-20(16)30-13-12-29-17/h2-11H,12-13H2,1H3. The molecule has 0 N–H and O–H groups in total. The second-order valence-corrected chi connectivity index (χ2v) is 6.77. The SMILES string of the molecule is CN(C(=O)c1c(-c2cccc3c2OCCO3)nc2ncccn12)c1ccc(F)cc1. The molecule has 0 spiro atoms. The summed E-state index contributed by atoms with van der Waals surface area (Å²) in [5, 5.41) is 0. The molecule has 0 aliphatic carbocycles. The Bertz CT molecular complexity index is 1250. The molecule has 2 aromatic heterocycles. The van der Waals surface area contributed by atoms with Crippen LogP contribution in [0.15, 0.2) is 60.9 Å². The molecular formula is C22H17FN4O3. The summed E-state index contributed by atoms with van der Waals surface area (Å²) >= 11 is 0. The molecule has 0 saturated carbocycles. The number of hydrogen-bond acceptors (Lipinski definition) is 5. The van der Waals surface area contributed by atoms with Crippen molar-refractivity contribution in [2.24, 2.45) is 0 Å². The zero-order valence-corrected chi connectivity index (χ0v) is 16.1. The van der Waals surface area contributed by atoms with Crippen LogP contribution in [-0.4, -0.2) is 40.5 Å². The number of amides is 1. The lowest BCUT2D eigenvalue weighted by molar-refractivity contribution is 0.0988. The minimum Gasteiger partial charge on any atom is -0.486 e. The van der Waals surface area contributed by atoms with Crippen molar-refractivity contribution in [2.45, 2.75) is 0 Å². The van der Waals surface area contributed by atoms with Crippen LogP contribution in [0.5, 0.6) is 11.5 Å². The number of aromatic nitrogens is 3. The summed E-state index contributed by atoms with van der Waals surface area (Å²) in [7, 11) is 1.63. The zero-order chi connectivity index (χ0) is 20.7. The van der Waals surface area contributed by atoms with Crippen molar-refractivity contribution in [1.29, 1.82) is 0 Å². The monoisotopic (exact) mass is 404 g/mol. The van der Waals surface area contributed by atoms with E-state index < -0.39 is 0 Å². The van der Waals surface area contributed by atoms with Gasteiger partial charge in [0, 0.05) is 30.7 Å². The van der Waals surface area contributed by atoms with E-state index in [1.165, 1.54) is 17.0 Å². The second kappa shape index (κ2) is 7.14. The zero-order valence-electron chi connectivity index (χ0n) is 16.1. The molecule has 30 heavy (non-hydrogen) atoms. The van der Waals surface area contributed by atoms with Gasteiger partial charge in [-0.3, -0.25) is 9.20 Å². The Morgan fingerprint density at radius 1 is 1.10 bits per heavy atom. The van der Waals surface area contributed by atoms with Crippen molar-refractivity contribution < 1.29 is 18.7 Å². The van der Waals surface area contributed by atoms with Crippen molar-refractivity contribution in [3.63, 3.8) is 0 Å². The molecule has 5 rings (SSSR count). The van der Waals surface area contributed by atoms with Crippen LogP contribution >= 0.6 is 0 Å². The van der Waals surface area contributed by atoms with Crippen LogP contribution in [0.2, 0.25) is 0 Å². The summed E-state index contributed by atoms with van der Waals surface area (Å²) in [6.45, 7) is 0.872. The molecule has 1 amide bonds. The van der Waals surface area contributed by atoms with Crippen LogP contribution in [0.25, 0.3) is 17.0 Å². The lowest BCUT2D eigenvalue weighted by Gasteiger charge is -2.21. The maximum Gasteiger partial charge on any atom is 0.277 e. The number of carbonyl (C=O) groups excluding carboxylic acids is 1. The summed E-state index contributed by atoms with van der Waals surface area (Å²) in [5.41, 5.74) is 1.97. The first kappa shape index (κ1) is 18.1. The largest absolute Gasteiger partial charge is 0.486 e. The van der Waals surface area contributed by atoms with E-state index in [4.69, 9.17) is 9.47 Å². The number of hydrogen-bond donors (Lipinski definition) is 0. The van der Waals surface area contributed by atoms with Gasteiger partial charge in [0.05, 0.1) is 0 Å². The number of fused-ring (bicyclic) bond motifs is 2. The van der Waals surface area contributed by atoms with Gasteiger partial charge >= 0.3 is 0 Å². The van der Waals surface area contributed by atoms with E-state index in [1.54, 1.807) is 42.0 Å². The molecule has 0 radical (unpaired) electrons. The molecule has 1 aliphatic heterocycles.